The molecule has 0 fully saturated rings. The Labute approximate surface area is 480 Å². The lowest BCUT2D eigenvalue weighted by molar-refractivity contribution is -0.137. The molecule has 0 saturated carbocycles. The molecule has 0 saturated heterocycles. The van der Waals surface area contributed by atoms with Gasteiger partial charge in [-0.2, -0.15) is 5.10 Å². The Morgan fingerprint density at radius 2 is 1.48 bits per heavy atom. The van der Waals surface area contributed by atoms with Gasteiger partial charge in [0.2, 0.25) is 11.8 Å². The van der Waals surface area contributed by atoms with E-state index in [1.807, 2.05) is 74.6 Å². The number of hydrogen-bond acceptors (Lipinski definition) is 16. The van der Waals surface area contributed by atoms with Crippen LogP contribution in [-0.2, 0) is 67.4 Å². The molecule has 440 valence electrons. The van der Waals surface area contributed by atoms with Crippen molar-refractivity contribution in [2.45, 2.75) is 79.1 Å². The number of nitrogens with one attached hydrogen (secondary N) is 4. The maximum absolute atomic E-state index is 14.1. The number of H-pyrrole nitrogens is 1. The second-order valence-electron chi connectivity index (χ2n) is 20.0. The van der Waals surface area contributed by atoms with Crippen molar-refractivity contribution in [2.24, 2.45) is 17.6 Å². The number of anilines is 1. The van der Waals surface area contributed by atoms with E-state index in [4.69, 9.17) is 39.4 Å². The van der Waals surface area contributed by atoms with Crippen molar-refractivity contribution >= 4 is 52.9 Å². The van der Waals surface area contributed by atoms with E-state index in [0.29, 0.717) is 72.7 Å². The number of imide groups is 1. The molecule has 1 aliphatic heterocycles. The molecule has 0 unspecified atom stereocenters. The molecule has 6 aromatic rings. The van der Waals surface area contributed by atoms with Crippen molar-refractivity contribution in [1.82, 2.24) is 50.0 Å². The first-order valence-electron chi connectivity index (χ1n) is 27.5. The van der Waals surface area contributed by atoms with Crippen LogP contribution in [0.5, 0.6) is 0 Å². The maximum atomic E-state index is 14.1. The van der Waals surface area contributed by atoms with Crippen LogP contribution < -0.4 is 21.7 Å². The summed E-state index contributed by atoms with van der Waals surface area (Å²) < 4.78 is 29.6. The molecule has 6 N–H and O–H groups in total. The van der Waals surface area contributed by atoms with Crippen LogP contribution in [0.1, 0.15) is 67.7 Å². The molecule has 2 aromatic carbocycles. The number of aromatic amines is 1. The molecular weight excluding hydrogens is 1070 g/mol. The second-order valence-corrected chi connectivity index (χ2v) is 20.0. The topological polar surface area (TPSA) is 306 Å². The largest absolute Gasteiger partial charge is 0.445 e. The summed E-state index contributed by atoms with van der Waals surface area (Å²) in [5.74, 6) is -2.49. The Morgan fingerprint density at radius 3 is 2.17 bits per heavy atom. The first-order chi connectivity index (χ1) is 40.1. The summed E-state index contributed by atoms with van der Waals surface area (Å²) in [6.45, 7) is 10.1. The van der Waals surface area contributed by atoms with Gasteiger partial charge in [0.1, 0.15) is 18.8 Å². The number of primary amides is 1. The van der Waals surface area contributed by atoms with E-state index in [0.717, 1.165) is 27.3 Å². The lowest BCUT2D eigenvalue weighted by Crippen LogP contribution is -2.45. The van der Waals surface area contributed by atoms with Crippen LogP contribution in [0, 0.1) is 25.7 Å². The number of ether oxygens (including phenoxy) is 5. The molecule has 0 spiro atoms. The number of nitrogens with two attached hydrogens (primary N) is 1. The summed E-state index contributed by atoms with van der Waals surface area (Å²) in [5, 5.41) is 12.5. The van der Waals surface area contributed by atoms with Gasteiger partial charge in [-0.05, 0) is 85.7 Å². The molecule has 4 aromatic heterocycles. The zero-order chi connectivity index (χ0) is 59.1. The van der Waals surface area contributed by atoms with Crippen molar-refractivity contribution in [1.29, 1.82) is 0 Å². The number of nitrogens with zero attached hydrogens (tertiary/aromatic N) is 7. The minimum absolute atomic E-state index is 0.0103. The fourth-order valence-electron chi connectivity index (χ4n) is 8.91. The number of carbonyl (C=O) groups excluding carboxylic acids is 7. The summed E-state index contributed by atoms with van der Waals surface area (Å²) in [6, 6.07) is 22.5. The van der Waals surface area contributed by atoms with E-state index in [-0.39, 0.29) is 102 Å². The van der Waals surface area contributed by atoms with E-state index in [1.54, 1.807) is 47.5 Å². The van der Waals surface area contributed by atoms with Crippen LogP contribution in [0.3, 0.4) is 0 Å². The number of imidazole rings is 1. The van der Waals surface area contributed by atoms with Crippen LogP contribution in [0.2, 0.25) is 0 Å². The summed E-state index contributed by atoms with van der Waals surface area (Å²) in [5.41, 5.74) is 12.5. The third kappa shape index (κ3) is 19.2. The molecule has 24 heteroatoms. The van der Waals surface area contributed by atoms with Gasteiger partial charge >= 0.3 is 12.1 Å². The van der Waals surface area contributed by atoms with Gasteiger partial charge in [0, 0.05) is 67.1 Å². The number of urea groups is 1. The normalized spacial score (nSPS) is 12.9. The summed E-state index contributed by atoms with van der Waals surface area (Å²) in [6.07, 6.45) is 5.57. The molecule has 24 nitrogen and oxygen atoms in total. The predicted molar refractivity (Wildman–Crippen MR) is 305 cm³/mol. The zero-order valence-electron chi connectivity index (χ0n) is 47.2. The molecule has 0 radical (unpaired) electrons. The van der Waals surface area contributed by atoms with Gasteiger partial charge in [-0.1, -0.05) is 56.3 Å². The van der Waals surface area contributed by atoms with Crippen molar-refractivity contribution in [3.05, 3.63) is 132 Å². The highest BCUT2D eigenvalue weighted by atomic mass is 16.6. The Bertz CT molecular complexity index is 3180. The minimum atomic E-state index is -0.882. The molecule has 7 amide bonds. The Balaban J connectivity index is 0.887. The standard InChI is InChI=1S/C59H72N12O12/c1-39(2)54(68-51(73)22-25-79-27-29-81-31-32-82-30-28-80-26-24-70-52(74)20-21-53(70)75)48(72)33-43(12-8-23-61-58(60)77)57(76)65-46-17-14-42(15-18-46)37-83-59(78)69(34-44-11-6-5-9-40(44)3)36-49-66-55(45-16-19-50-62-38-63-71(50)35-45)56(67-49)47-13-7-10-41(4)64-47/h5-7,9-11,13-21,35,38-39,43,54H,8,12,22-34,36-37H2,1-4H3,(H,65,76)(H,66,67)(H,68,73)(H3,60,61,77)/t43-,54+/m1/s1. The number of benzene rings is 2. The molecular formula is C59H72N12O12. The van der Waals surface area contributed by atoms with Gasteiger partial charge in [-0.15, -0.1) is 0 Å². The van der Waals surface area contributed by atoms with E-state index < -0.39 is 35.9 Å². The summed E-state index contributed by atoms with van der Waals surface area (Å²) in [4.78, 5) is 110. The quantitative estimate of drug-likeness (QED) is 0.0242. The van der Waals surface area contributed by atoms with Gasteiger partial charge in [-0.25, -0.2) is 24.1 Å². The molecule has 7 rings (SSSR count). The fourth-order valence-corrected chi connectivity index (χ4v) is 8.91. The first kappa shape index (κ1) is 61.9. The van der Waals surface area contributed by atoms with Gasteiger partial charge in [0.05, 0.1) is 89.1 Å². The Hall–Kier alpha value is -8.71. The van der Waals surface area contributed by atoms with E-state index >= 15 is 0 Å². The van der Waals surface area contributed by atoms with Crippen LogP contribution in [0.4, 0.5) is 15.3 Å². The van der Waals surface area contributed by atoms with Gasteiger partial charge in [0.15, 0.2) is 11.4 Å². The fraction of sp³-hybridized carbons (Fsp3) is 0.407. The lowest BCUT2D eigenvalue weighted by Gasteiger charge is -2.24. The number of aromatic nitrogens is 6. The predicted octanol–water partition coefficient (Wildman–Crippen LogP) is 5.62. The van der Waals surface area contributed by atoms with Gasteiger partial charge in [-0.3, -0.25) is 38.8 Å². The number of Topliss-reactive ketones (excluding diaryl/α,β-unsaturated/α-hetero) is 1. The highest BCUT2D eigenvalue weighted by molar-refractivity contribution is 6.12. The van der Waals surface area contributed by atoms with E-state index in [2.05, 4.69) is 31.0 Å². The van der Waals surface area contributed by atoms with E-state index in [9.17, 15) is 33.6 Å². The lowest BCUT2D eigenvalue weighted by atomic mass is 9.89. The smallest absolute Gasteiger partial charge is 0.410 e. The van der Waals surface area contributed by atoms with Gasteiger partial charge in [0.25, 0.3) is 11.8 Å². The zero-order valence-corrected chi connectivity index (χ0v) is 47.2. The van der Waals surface area contributed by atoms with Crippen molar-refractivity contribution in [2.75, 3.05) is 71.3 Å². The van der Waals surface area contributed by atoms with Crippen LogP contribution in [-0.4, -0.2) is 153 Å². The molecule has 1 aliphatic rings. The molecule has 5 heterocycles. The Morgan fingerprint density at radius 1 is 0.783 bits per heavy atom. The first-order valence-corrected chi connectivity index (χ1v) is 27.5. The monoisotopic (exact) mass is 1140 g/mol. The molecule has 0 aliphatic carbocycles. The number of pyridine rings is 2. The van der Waals surface area contributed by atoms with Crippen LogP contribution >= 0.6 is 0 Å². The number of rotatable bonds is 34. The minimum Gasteiger partial charge on any atom is -0.445 e. The number of hydrogen-bond donors (Lipinski definition) is 5. The van der Waals surface area contributed by atoms with Crippen molar-refractivity contribution in [3.8, 4) is 22.6 Å². The third-order valence-corrected chi connectivity index (χ3v) is 13.4. The summed E-state index contributed by atoms with van der Waals surface area (Å²) >= 11 is 0. The Kier molecular flexibility index (Phi) is 23.5. The molecule has 2 atom stereocenters. The SMILES string of the molecule is Cc1cccc(-c2[nH]c(CN(Cc3ccccc3C)C(=O)OCc3ccc(NC(=O)[C@H](CCCNC(N)=O)CC(=O)[C@@H](NC(=O)CCOCCOCCOCCOCCN4C(=O)C=CC4=O)C(C)C)cc3)nc2-c2ccc3ncnn3c2)n1. The molecule has 0 bridgehead atoms. The van der Waals surface area contributed by atoms with Crippen molar-refractivity contribution in [3.63, 3.8) is 0 Å². The number of amides is 7. The highest BCUT2D eigenvalue weighted by Crippen LogP contribution is 2.30. The second kappa shape index (κ2) is 31.5. The highest BCUT2D eigenvalue weighted by Gasteiger charge is 2.30. The van der Waals surface area contributed by atoms with Crippen molar-refractivity contribution < 1.29 is 57.2 Å². The third-order valence-electron chi connectivity index (χ3n) is 13.4. The molecule has 83 heavy (non-hydrogen) atoms. The van der Waals surface area contributed by atoms with Crippen LogP contribution in [0.25, 0.3) is 28.3 Å². The van der Waals surface area contributed by atoms with Gasteiger partial charge < -0.3 is 50.4 Å². The number of fused-ring (bicyclic) bond motifs is 1. The summed E-state index contributed by atoms with van der Waals surface area (Å²) in [7, 11) is 0. The number of ketones is 1. The van der Waals surface area contributed by atoms with Crippen LogP contribution in [0.15, 0.2) is 104 Å². The maximum Gasteiger partial charge on any atom is 0.410 e. The average Bonchev–Trinajstić information content (AvgIpc) is 3.95. The average molecular weight is 1140 g/mol. The number of carbonyl (C=O) groups is 7. The van der Waals surface area contributed by atoms with E-state index in [1.165, 1.54) is 18.5 Å². The number of aryl methyl sites for hydroxylation is 2.